The lowest BCUT2D eigenvalue weighted by atomic mass is 10.1. The molecular weight excluding hydrogens is 266 g/mol. The third kappa shape index (κ3) is 3.28. The largest absolute Gasteiger partial charge is 0.486 e. The second kappa shape index (κ2) is 6.50. The van der Waals surface area contributed by atoms with Crippen molar-refractivity contribution in [3.05, 3.63) is 54.1 Å². The molecule has 1 unspecified atom stereocenters. The molecule has 2 aromatic rings. The Hall–Kier alpha value is -2.20. The van der Waals surface area contributed by atoms with Crippen molar-refractivity contribution in [2.75, 3.05) is 20.4 Å². The number of benzene rings is 2. The van der Waals surface area contributed by atoms with Crippen molar-refractivity contribution >= 4 is 0 Å². The van der Waals surface area contributed by atoms with E-state index in [0.717, 1.165) is 30.2 Å². The van der Waals surface area contributed by atoms with Crippen LogP contribution in [0, 0.1) is 0 Å². The highest BCUT2D eigenvalue weighted by atomic mass is 16.7. The molecule has 0 aliphatic carbocycles. The molecule has 0 radical (unpaired) electrons. The van der Waals surface area contributed by atoms with Gasteiger partial charge in [-0.05, 0) is 31.3 Å². The second-order valence-corrected chi connectivity index (χ2v) is 4.92. The van der Waals surface area contributed by atoms with E-state index >= 15 is 0 Å². The molecule has 110 valence electrons. The molecule has 0 amide bonds. The van der Waals surface area contributed by atoms with Gasteiger partial charge in [-0.15, -0.1) is 0 Å². The molecule has 2 aromatic carbocycles. The van der Waals surface area contributed by atoms with Gasteiger partial charge in [0.2, 0.25) is 6.79 Å². The van der Waals surface area contributed by atoms with Crippen LogP contribution in [-0.2, 0) is 0 Å². The van der Waals surface area contributed by atoms with E-state index in [9.17, 15) is 0 Å². The lowest BCUT2D eigenvalue weighted by molar-refractivity contribution is 0.173. The van der Waals surface area contributed by atoms with E-state index in [-0.39, 0.29) is 12.9 Å². The van der Waals surface area contributed by atoms with Gasteiger partial charge in [0.1, 0.15) is 11.9 Å². The first-order valence-electron chi connectivity index (χ1n) is 7.12. The van der Waals surface area contributed by atoms with Crippen molar-refractivity contribution in [2.45, 2.75) is 12.5 Å². The van der Waals surface area contributed by atoms with Gasteiger partial charge in [-0.1, -0.05) is 30.3 Å². The Balaban J connectivity index is 1.77. The summed E-state index contributed by atoms with van der Waals surface area (Å²) in [5, 5.41) is 3.17. The Morgan fingerprint density at radius 1 is 1.10 bits per heavy atom. The van der Waals surface area contributed by atoms with Crippen LogP contribution >= 0.6 is 0 Å². The molecule has 1 N–H and O–H groups in total. The van der Waals surface area contributed by atoms with Gasteiger partial charge in [0, 0.05) is 12.5 Å². The normalized spacial score (nSPS) is 14.0. The summed E-state index contributed by atoms with van der Waals surface area (Å²) in [6.07, 6.45) is 0.911. The summed E-state index contributed by atoms with van der Waals surface area (Å²) < 4.78 is 16.9. The monoisotopic (exact) mass is 285 g/mol. The van der Waals surface area contributed by atoms with E-state index < -0.39 is 0 Å². The van der Waals surface area contributed by atoms with Crippen LogP contribution in [0.1, 0.15) is 18.1 Å². The quantitative estimate of drug-likeness (QED) is 0.885. The lowest BCUT2D eigenvalue weighted by Crippen LogP contribution is -2.16. The van der Waals surface area contributed by atoms with Gasteiger partial charge in [0.25, 0.3) is 0 Å². The molecule has 0 saturated carbocycles. The first-order valence-corrected chi connectivity index (χ1v) is 7.12. The fraction of sp³-hybridized carbons (Fsp3) is 0.294. The van der Waals surface area contributed by atoms with Gasteiger partial charge in [-0.25, -0.2) is 0 Å². The van der Waals surface area contributed by atoms with Gasteiger partial charge in [-0.3, -0.25) is 0 Å². The molecule has 4 nitrogen and oxygen atoms in total. The van der Waals surface area contributed by atoms with E-state index in [1.165, 1.54) is 5.56 Å². The second-order valence-electron chi connectivity index (χ2n) is 4.92. The SMILES string of the molecule is CNCCC(Oc1ccc2c(c1)OCO2)c1ccccc1. The summed E-state index contributed by atoms with van der Waals surface area (Å²) >= 11 is 0. The number of fused-ring (bicyclic) bond motifs is 1. The maximum absolute atomic E-state index is 6.15. The van der Waals surface area contributed by atoms with Crippen LogP contribution in [0.5, 0.6) is 17.2 Å². The molecule has 0 fully saturated rings. The molecule has 0 saturated heterocycles. The molecule has 1 heterocycles. The number of rotatable bonds is 6. The zero-order chi connectivity index (χ0) is 14.5. The number of ether oxygens (including phenoxy) is 3. The highest BCUT2D eigenvalue weighted by Gasteiger charge is 2.17. The summed E-state index contributed by atoms with van der Waals surface area (Å²) in [6, 6.07) is 16.0. The van der Waals surface area contributed by atoms with Gasteiger partial charge in [0.05, 0.1) is 0 Å². The zero-order valence-corrected chi connectivity index (χ0v) is 12.0. The van der Waals surface area contributed by atoms with Crippen LogP contribution < -0.4 is 19.5 Å². The fourth-order valence-electron chi connectivity index (χ4n) is 2.35. The number of nitrogens with one attached hydrogen (secondary N) is 1. The fourth-order valence-corrected chi connectivity index (χ4v) is 2.35. The molecular formula is C17H19NO3. The molecule has 4 heteroatoms. The maximum atomic E-state index is 6.15. The van der Waals surface area contributed by atoms with Gasteiger partial charge >= 0.3 is 0 Å². The van der Waals surface area contributed by atoms with Crippen molar-refractivity contribution < 1.29 is 14.2 Å². The third-order valence-electron chi connectivity index (χ3n) is 3.45. The minimum atomic E-state index is 0.0130. The third-order valence-corrected chi connectivity index (χ3v) is 3.45. The molecule has 1 aliphatic heterocycles. The van der Waals surface area contributed by atoms with E-state index in [2.05, 4.69) is 17.4 Å². The van der Waals surface area contributed by atoms with E-state index in [0.29, 0.717) is 0 Å². The summed E-state index contributed by atoms with van der Waals surface area (Å²) in [5.41, 5.74) is 1.17. The Kier molecular flexibility index (Phi) is 4.26. The van der Waals surface area contributed by atoms with Gasteiger partial charge < -0.3 is 19.5 Å². The van der Waals surface area contributed by atoms with E-state index in [4.69, 9.17) is 14.2 Å². The van der Waals surface area contributed by atoms with Crippen molar-refractivity contribution in [1.82, 2.24) is 5.32 Å². The molecule has 21 heavy (non-hydrogen) atoms. The van der Waals surface area contributed by atoms with Crippen LogP contribution in [0.2, 0.25) is 0 Å². The van der Waals surface area contributed by atoms with Gasteiger partial charge in [-0.2, -0.15) is 0 Å². The summed E-state index contributed by atoms with van der Waals surface area (Å²) in [7, 11) is 1.95. The van der Waals surface area contributed by atoms with Crippen LogP contribution in [0.4, 0.5) is 0 Å². The molecule has 1 aliphatic rings. The maximum Gasteiger partial charge on any atom is 0.231 e. The van der Waals surface area contributed by atoms with Crippen LogP contribution in [0.25, 0.3) is 0 Å². The zero-order valence-electron chi connectivity index (χ0n) is 12.0. The van der Waals surface area contributed by atoms with Crippen molar-refractivity contribution in [2.24, 2.45) is 0 Å². The smallest absolute Gasteiger partial charge is 0.231 e. The molecule has 0 spiro atoms. The highest BCUT2D eigenvalue weighted by Crippen LogP contribution is 2.36. The predicted molar refractivity (Wildman–Crippen MR) is 80.9 cm³/mol. The van der Waals surface area contributed by atoms with Gasteiger partial charge in [0.15, 0.2) is 11.5 Å². The van der Waals surface area contributed by atoms with E-state index in [1.54, 1.807) is 0 Å². The molecule has 0 aromatic heterocycles. The average Bonchev–Trinajstić information content (AvgIpc) is 3.00. The summed E-state index contributed by atoms with van der Waals surface area (Å²) in [5.74, 6) is 2.31. The van der Waals surface area contributed by atoms with Crippen LogP contribution in [0.3, 0.4) is 0 Å². The van der Waals surface area contributed by atoms with Crippen molar-refractivity contribution in [3.8, 4) is 17.2 Å². The predicted octanol–water partition coefficient (Wildman–Crippen LogP) is 3.14. The molecule has 3 rings (SSSR count). The van der Waals surface area contributed by atoms with E-state index in [1.807, 2.05) is 43.4 Å². The average molecular weight is 285 g/mol. The Bertz CT molecular complexity index is 586. The summed E-state index contributed by atoms with van der Waals surface area (Å²) in [6.45, 7) is 1.17. The molecule has 0 bridgehead atoms. The Morgan fingerprint density at radius 3 is 2.71 bits per heavy atom. The standard InChI is InChI=1S/C17H19NO3/c1-18-10-9-15(13-5-3-2-4-6-13)21-14-7-8-16-17(11-14)20-12-19-16/h2-8,11,15,18H,9-10,12H2,1H3. The first-order chi connectivity index (χ1) is 10.4. The Morgan fingerprint density at radius 2 is 1.90 bits per heavy atom. The van der Waals surface area contributed by atoms with Crippen LogP contribution in [0.15, 0.2) is 48.5 Å². The molecule has 1 atom stereocenters. The number of hydrogen-bond donors (Lipinski definition) is 1. The minimum absolute atomic E-state index is 0.0130. The lowest BCUT2D eigenvalue weighted by Gasteiger charge is -2.19. The van der Waals surface area contributed by atoms with Crippen molar-refractivity contribution in [3.63, 3.8) is 0 Å². The summed E-state index contributed by atoms with van der Waals surface area (Å²) in [4.78, 5) is 0. The number of hydrogen-bond acceptors (Lipinski definition) is 4. The Labute approximate surface area is 124 Å². The first kappa shape index (κ1) is 13.8. The highest BCUT2D eigenvalue weighted by molar-refractivity contribution is 5.47. The topological polar surface area (TPSA) is 39.7 Å². The minimum Gasteiger partial charge on any atom is -0.486 e. The van der Waals surface area contributed by atoms with Crippen LogP contribution in [-0.4, -0.2) is 20.4 Å². The van der Waals surface area contributed by atoms with Crippen molar-refractivity contribution in [1.29, 1.82) is 0 Å².